The first-order valence-corrected chi connectivity index (χ1v) is 16.1. The average Bonchev–Trinajstić information content (AvgIpc) is 3.08. The number of nitrogens with zero attached hydrogens (tertiary/aromatic N) is 4. The third-order valence-corrected chi connectivity index (χ3v) is 8.41. The number of halogens is 1. The summed E-state index contributed by atoms with van der Waals surface area (Å²) in [5.41, 5.74) is 17.0. The topological polar surface area (TPSA) is 83.8 Å². The van der Waals surface area contributed by atoms with Crippen molar-refractivity contribution < 1.29 is 4.39 Å². The van der Waals surface area contributed by atoms with E-state index in [1.165, 1.54) is 50.4 Å². The molecule has 4 N–H and O–H groups in total. The van der Waals surface area contributed by atoms with Crippen molar-refractivity contribution in [3.8, 4) is 0 Å². The molecule has 6 aromatic rings. The molecule has 1 aromatic heterocycles. The van der Waals surface area contributed by atoms with Crippen molar-refractivity contribution in [2.24, 2.45) is 16.5 Å². The molecule has 6 nitrogen and oxygen atoms in total. The zero-order chi connectivity index (χ0) is 32.4. The van der Waals surface area contributed by atoms with Crippen molar-refractivity contribution in [3.63, 3.8) is 0 Å². The van der Waals surface area contributed by atoms with Gasteiger partial charge in [0.25, 0.3) is 0 Å². The van der Waals surface area contributed by atoms with Gasteiger partial charge in [-0.25, -0.2) is 4.39 Å². The Kier molecular flexibility index (Phi) is 10.5. The van der Waals surface area contributed by atoms with Gasteiger partial charge in [0.2, 0.25) is 0 Å². The van der Waals surface area contributed by atoms with E-state index in [-0.39, 0.29) is 11.8 Å². The van der Waals surface area contributed by atoms with Gasteiger partial charge >= 0.3 is 0 Å². The van der Waals surface area contributed by atoms with E-state index < -0.39 is 0 Å². The van der Waals surface area contributed by atoms with Gasteiger partial charge < -0.3 is 11.5 Å². The minimum atomic E-state index is -0.221. The number of guanidine groups is 1. The van der Waals surface area contributed by atoms with Crippen LogP contribution in [0.25, 0.3) is 21.5 Å². The summed E-state index contributed by atoms with van der Waals surface area (Å²) in [6, 6.07) is 41.3. The van der Waals surface area contributed by atoms with Crippen molar-refractivity contribution in [1.29, 1.82) is 0 Å². The van der Waals surface area contributed by atoms with E-state index in [4.69, 9.17) is 11.5 Å². The van der Waals surface area contributed by atoms with E-state index in [9.17, 15) is 4.39 Å². The van der Waals surface area contributed by atoms with Gasteiger partial charge in [0.05, 0.1) is 5.69 Å². The fourth-order valence-corrected chi connectivity index (χ4v) is 6.18. The predicted octanol–water partition coefficient (Wildman–Crippen LogP) is 7.40. The van der Waals surface area contributed by atoms with Crippen LogP contribution in [-0.2, 0) is 32.7 Å². The van der Waals surface area contributed by atoms with E-state index in [0.29, 0.717) is 19.6 Å². The van der Waals surface area contributed by atoms with Crippen molar-refractivity contribution in [1.82, 2.24) is 14.8 Å². The van der Waals surface area contributed by atoms with Crippen LogP contribution in [0.15, 0.2) is 133 Å². The van der Waals surface area contributed by atoms with Gasteiger partial charge in [-0.3, -0.25) is 19.8 Å². The van der Waals surface area contributed by atoms with Crippen LogP contribution < -0.4 is 11.5 Å². The number of hydrogen-bond donors (Lipinski definition) is 2. The standard InChI is InChI=1S/C40H41FN6/c41-37-18-14-30(15-19-37)25-47(29-38-10-3-4-20-44-38)27-32-13-17-34-23-31(12-16-35(34)24-32)26-46(22-6-21-45-40(42)43)28-36-9-5-8-33-7-1-2-11-39(33)36/h1-5,7-20,23-24H,6,21-22,25-29H2,(H4,42,43,45). The smallest absolute Gasteiger partial charge is 0.185 e. The van der Waals surface area contributed by atoms with Gasteiger partial charge in [0.15, 0.2) is 5.96 Å². The number of nitrogens with two attached hydrogens (primary N) is 2. The van der Waals surface area contributed by atoms with Crippen molar-refractivity contribution in [3.05, 3.63) is 161 Å². The number of aromatic nitrogens is 1. The lowest BCUT2D eigenvalue weighted by molar-refractivity contribution is 0.244. The van der Waals surface area contributed by atoms with Crippen LogP contribution in [0.3, 0.4) is 0 Å². The van der Waals surface area contributed by atoms with E-state index >= 15 is 0 Å². The van der Waals surface area contributed by atoms with Crippen LogP contribution in [0, 0.1) is 5.82 Å². The molecule has 0 spiro atoms. The molecule has 0 unspecified atom stereocenters. The van der Waals surface area contributed by atoms with Gasteiger partial charge in [0, 0.05) is 52.0 Å². The quantitative estimate of drug-likeness (QED) is 0.0750. The van der Waals surface area contributed by atoms with E-state index in [0.717, 1.165) is 43.9 Å². The molecule has 6 rings (SSSR count). The Hall–Kier alpha value is -5.11. The van der Waals surface area contributed by atoms with Crippen LogP contribution >= 0.6 is 0 Å². The Labute approximate surface area is 276 Å². The summed E-state index contributed by atoms with van der Waals surface area (Å²) in [5.74, 6) is -0.0867. The molecule has 0 atom stereocenters. The number of pyridine rings is 1. The maximum Gasteiger partial charge on any atom is 0.185 e. The van der Waals surface area contributed by atoms with Crippen LogP contribution in [0.5, 0.6) is 0 Å². The summed E-state index contributed by atoms with van der Waals surface area (Å²) in [6.07, 6.45) is 2.69. The summed E-state index contributed by atoms with van der Waals surface area (Å²) in [6.45, 7) is 5.28. The molecule has 0 amide bonds. The Morgan fingerprint density at radius 1 is 0.617 bits per heavy atom. The van der Waals surface area contributed by atoms with Gasteiger partial charge in [0.1, 0.15) is 5.82 Å². The Morgan fingerprint density at radius 3 is 2.00 bits per heavy atom. The molecule has 47 heavy (non-hydrogen) atoms. The fraction of sp³-hybridized carbons (Fsp3) is 0.200. The average molecular weight is 625 g/mol. The second-order valence-corrected chi connectivity index (χ2v) is 12.1. The number of fused-ring (bicyclic) bond motifs is 2. The summed E-state index contributed by atoms with van der Waals surface area (Å²) in [5, 5.41) is 4.96. The monoisotopic (exact) mass is 624 g/mol. The first kappa shape index (κ1) is 31.9. The SMILES string of the molecule is NC(N)=NCCCN(Cc1ccc2cc(CN(Cc3ccc(F)cc3)Cc3ccccn3)ccc2c1)Cc1cccc2ccccc12. The molecule has 0 fully saturated rings. The van der Waals surface area contributed by atoms with Gasteiger partial charge in [-0.05, 0) is 86.6 Å². The molecular formula is C40H41FN6. The highest BCUT2D eigenvalue weighted by Gasteiger charge is 2.13. The van der Waals surface area contributed by atoms with Crippen molar-refractivity contribution in [2.75, 3.05) is 13.1 Å². The third-order valence-electron chi connectivity index (χ3n) is 8.41. The van der Waals surface area contributed by atoms with Crippen molar-refractivity contribution in [2.45, 2.75) is 39.1 Å². The number of hydrogen-bond acceptors (Lipinski definition) is 4. The predicted molar refractivity (Wildman–Crippen MR) is 191 cm³/mol. The van der Waals surface area contributed by atoms with Gasteiger partial charge in [-0.1, -0.05) is 84.9 Å². The largest absolute Gasteiger partial charge is 0.370 e. The van der Waals surface area contributed by atoms with Gasteiger partial charge in [-0.2, -0.15) is 0 Å². The minimum Gasteiger partial charge on any atom is -0.370 e. The summed E-state index contributed by atoms with van der Waals surface area (Å²) >= 11 is 0. The van der Waals surface area contributed by atoms with Crippen LogP contribution in [0.2, 0.25) is 0 Å². The second-order valence-electron chi connectivity index (χ2n) is 12.1. The van der Waals surface area contributed by atoms with Crippen LogP contribution in [0.4, 0.5) is 4.39 Å². The molecule has 0 saturated heterocycles. The van der Waals surface area contributed by atoms with E-state index in [1.54, 1.807) is 0 Å². The molecule has 1 heterocycles. The highest BCUT2D eigenvalue weighted by atomic mass is 19.1. The van der Waals surface area contributed by atoms with Crippen LogP contribution in [-0.4, -0.2) is 33.8 Å². The Bertz CT molecular complexity index is 1930. The lowest BCUT2D eigenvalue weighted by Gasteiger charge is -2.24. The molecule has 0 saturated carbocycles. The lowest BCUT2D eigenvalue weighted by atomic mass is 10.0. The second kappa shape index (κ2) is 15.5. The molecule has 0 aliphatic carbocycles. The normalized spacial score (nSPS) is 11.5. The van der Waals surface area contributed by atoms with Crippen LogP contribution in [0.1, 0.15) is 34.4 Å². The zero-order valence-electron chi connectivity index (χ0n) is 26.6. The first-order chi connectivity index (χ1) is 23.0. The lowest BCUT2D eigenvalue weighted by Crippen LogP contribution is -2.26. The summed E-state index contributed by atoms with van der Waals surface area (Å²) < 4.78 is 13.6. The highest BCUT2D eigenvalue weighted by molar-refractivity contribution is 5.86. The third kappa shape index (κ3) is 9.00. The molecule has 7 heteroatoms. The van der Waals surface area contributed by atoms with E-state index in [2.05, 4.69) is 98.6 Å². The summed E-state index contributed by atoms with van der Waals surface area (Å²) in [7, 11) is 0. The maximum absolute atomic E-state index is 13.6. The fourth-order valence-electron chi connectivity index (χ4n) is 6.18. The van der Waals surface area contributed by atoms with Crippen molar-refractivity contribution >= 4 is 27.5 Å². The Balaban J connectivity index is 1.19. The number of rotatable bonds is 14. The molecular weight excluding hydrogens is 583 g/mol. The molecule has 0 radical (unpaired) electrons. The number of benzene rings is 5. The molecule has 5 aromatic carbocycles. The first-order valence-electron chi connectivity index (χ1n) is 16.1. The molecule has 0 bridgehead atoms. The zero-order valence-corrected chi connectivity index (χ0v) is 26.6. The minimum absolute atomic E-state index is 0.134. The van der Waals surface area contributed by atoms with Gasteiger partial charge in [-0.15, -0.1) is 0 Å². The Morgan fingerprint density at radius 2 is 1.28 bits per heavy atom. The van der Waals surface area contributed by atoms with E-state index in [1.807, 2.05) is 36.5 Å². The molecule has 0 aliphatic heterocycles. The summed E-state index contributed by atoms with van der Waals surface area (Å²) in [4.78, 5) is 13.6. The molecule has 0 aliphatic rings. The highest BCUT2D eigenvalue weighted by Crippen LogP contribution is 2.24. The molecule has 238 valence electrons. The maximum atomic E-state index is 13.6. The number of aliphatic imine (C=N–C) groups is 1.